The van der Waals surface area contributed by atoms with Crippen molar-refractivity contribution in [2.75, 3.05) is 6.26 Å². The third-order valence-electron chi connectivity index (χ3n) is 2.58. The van der Waals surface area contributed by atoms with Crippen molar-refractivity contribution in [3.63, 3.8) is 0 Å². The van der Waals surface area contributed by atoms with Gasteiger partial charge in [-0.15, -0.1) is 0 Å². The average molecular weight is 292 g/mol. The Bertz CT molecular complexity index is 734. The molecule has 0 aliphatic rings. The zero-order chi connectivity index (χ0) is 14.0. The predicted octanol–water partition coefficient (Wildman–Crippen LogP) is 2.99. The topological polar surface area (TPSA) is 69.5 Å². The molecule has 19 heavy (non-hydrogen) atoms. The Balaban J connectivity index is 2.77. The van der Waals surface area contributed by atoms with E-state index < -0.39 is 5.56 Å². The van der Waals surface area contributed by atoms with E-state index in [2.05, 4.69) is 9.97 Å². The summed E-state index contributed by atoms with van der Waals surface area (Å²) in [4.78, 5) is 18.7. The SMILES string of the molecule is CSc1nc(-c2ccc(C)cc2Cl)c(C#N)c(=O)[nH]1. The molecule has 0 unspecified atom stereocenters. The zero-order valence-electron chi connectivity index (χ0n) is 10.3. The molecule has 0 aliphatic heterocycles. The summed E-state index contributed by atoms with van der Waals surface area (Å²) in [6.45, 7) is 1.92. The summed E-state index contributed by atoms with van der Waals surface area (Å²) in [5.74, 6) is 0. The molecule has 2 rings (SSSR count). The molecule has 1 heterocycles. The van der Waals surface area contributed by atoms with Crippen LogP contribution in [-0.4, -0.2) is 16.2 Å². The summed E-state index contributed by atoms with van der Waals surface area (Å²) >= 11 is 7.47. The van der Waals surface area contributed by atoms with Gasteiger partial charge in [-0.1, -0.05) is 35.5 Å². The molecule has 0 saturated heterocycles. The lowest BCUT2D eigenvalue weighted by molar-refractivity contribution is 0.937. The fraction of sp³-hybridized carbons (Fsp3) is 0.154. The second kappa shape index (κ2) is 5.47. The Morgan fingerprint density at radius 2 is 2.21 bits per heavy atom. The van der Waals surface area contributed by atoms with Crippen LogP contribution in [0, 0.1) is 18.3 Å². The molecule has 96 valence electrons. The van der Waals surface area contributed by atoms with E-state index in [9.17, 15) is 4.79 Å². The molecular formula is C13H10ClN3OS. The Labute approximate surface area is 119 Å². The van der Waals surface area contributed by atoms with Gasteiger partial charge in [0.2, 0.25) is 0 Å². The lowest BCUT2D eigenvalue weighted by atomic mass is 10.1. The third-order valence-corrected chi connectivity index (χ3v) is 3.48. The van der Waals surface area contributed by atoms with Gasteiger partial charge in [0.05, 0.1) is 10.7 Å². The van der Waals surface area contributed by atoms with E-state index in [1.165, 1.54) is 11.8 Å². The molecule has 0 bridgehead atoms. The molecule has 6 heteroatoms. The maximum absolute atomic E-state index is 11.8. The van der Waals surface area contributed by atoms with Crippen molar-refractivity contribution >= 4 is 23.4 Å². The first-order valence-corrected chi connectivity index (χ1v) is 7.02. The maximum atomic E-state index is 11.8. The van der Waals surface area contributed by atoms with Crippen molar-refractivity contribution in [2.45, 2.75) is 12.1 Å². The molecule has 0 atom stereocenters. The standard InChI is InChI=1S/C13H10ClN3OS/c1-7-3-4-8(10(14)5-7)11-9(6-15)12(18)17-13(16-11)19-2/h3-5H,1-2H3,(H,16,17,18). The summed E-state index contributed by atoms with van der Waals surface area (Å²) < 4.78 is 0. The molecule has 0 radical (unpaired) electrons. The van der Waals surface area contributed by atoms with Gasteiger partial charge in [-0.3, -0.25) is 4.79 Å². The minimum Gasteiger partial charge on any atom is -0.300 e. The monoisotopic (exact) mass is 291 g/mol. The Morgan fingerprint density at radius 3 is 2.79 bits per heavy atom. The van der Waals surface area contributed by atoms with Crippen LogP contribution in [0.5, 0.6) is 0 Å². The van der Waals surface area contributed by atoms with Crippen LogP contribution in [0.2, 0.25) is 5.02 Å². The first-order chi connectivity index (χ1) is 9.06. The molecule has 0 amide bonds. The van der Waals surface area contributed by atoms with Crippen LogP contribution >= 0.6 is 23.4 Å². The van der Waals surface area contributed by atoms with Crippen LogP contribution in [0.25, 0.3) is 11.3 Å². The fourth-order valence-corrected chi connectivity index (χ4v) is 2.36. The molecule has 1 aromatic heterocycles. The first kappa shape index (κ1) is 13.7. The number of nitrogens with zero attached hydrogens (tertiary/aromatic N) is 2. The maximum Gasteiger partial charge on any atom is 0.270 e. The number of nitrogens with one attached hydrogen (secondary N) is 1. The normalized spacial score (nSPS) is 10.2. The van der Waals surface area contributed by atoms with Crippen molar-refractivity contribution in [2.24, 2.45) is 0 Å². The van der Waals surface area contributed by atoms with Crippen molar-refractivity contribution in [3.8, 4) is 17.3 Å². The van der Waals surface area contributed by atoms with Gasteiger partial charge >= 0.3 is 0 Å². The van der Waals surface area contributed by atoms with E-state index in [-0.39, 0.29) is 5.56 Å². The highest BCUT2D eigenvalue weighted by Crippen LogP contribution is 2.29. The minimum atomic E-state index is -0.450. The number of thioether (sulfide) groups is 1. The largest absolute Gasteiger partial charge is 0.300 e. The van der Waals surface area contributed by atoms with Crippen molar-refractivity contribution in [3.05, 3.63) is 44.7 Å². The molecule has 0 saturated carbocycles. The first-order valence-electron chi connectivity index (χ1n) is 5.41. The molecule has 0 aliphatic carbocycles. The number of rotatable bonds is 2. The van der Waals surface area contributed by atoms with Crippen molar-refractivity contribution in [1.82, 2.24) is 9.97 Å². The third kappa shape index (κ3) is 2.65. The highest BCUT2D eigenvalue weighted by atomic mass is 35.5. The number of aromatic nitrogens is 2. The number of halogens is 1. The summed E-state index contributed by atoms with van der Waals surface area (Å²) in [6.07, 6.45) is 1.80. The minimum absolute atomic E-state index is 0.0245. The van der Waals surface area contributed by atoms with E-state index in [0.717, 1.165) is 5.56 Å². The second-order valence-corrected chi connectivity index (χ2v) is 5.10. The molecular weight excluding hydrogens is 282 g/mol. The smallest absolute Gasteiger partial charge is 0.270 e. The summed E-state index contributed by atoms with van der Waals surface area (Å²) in [7, 11) is 0. The predicted molar refractivity (Wildman–Crippen MR) is 76.5 cm³/mol. The van der Waals surface area contributed by atoms with E-state index >= 15 is 0 Å². The number of aryl methyl sites for hydroxylation is 1. The highest BCUT2D eigenvalue weighted by molar-refractivity contribution is 7.98. The van der Waals surface area contributed by atoms with E-state index in [0.29, 0.717) is 21.4 Å². The van der Waals surface area contributed by atoms with Crippen molar-refractivity contribution < 1.29 is 0 Å². The molecule has 1 aromatic carbocycles. The number of aromatic amines is 1. The van der Waals surface area contributed by atoms with Gasteiger partial charge in [0.25, 0.3) is 5.56 Å². The summed E-state index contributed by atoms with van der Waals surface area (Å²) in [5.41, 5.74) is 1.44. The van der Waals surface area contributed by atoms with Gasteiger partial charge in [-0.05, 0) is 24.8 Å². The van der Waals surface area contributed by atoms with Gasteiger partial charge in [0, 0.05) is 5.56 Å². The second-order valence-electron chi connectivity index (χ2n) is 3.89. The lowest BCUT2D eigenvalue weighted by Gasteiger charge is -2.07. The van der Waals surface area contributed by atoms with Crippen molar-refractivity contribution in [1.29, 1.82) is 5.26 Å². The van der Waals surface area contributed by atoms with Gasteiger partial charge < -0.3 is 4.98 Å². The molecule has 1 N–H and O–H groups in total. The quantitative estimate of drug-likeness (QED) is 0.682. The number of benzene rings is 1. The molecule has 0 fully saturated rings. The van der Waals surface area contributed by atoms with E-state index in [1.54, 1.807) is 18.4 Å². The zero-order valence-corrected chi connectivity index (χ0v) is 11.9. The Kier molecular flexibility index (Phi) is 3.93. The number of hydrogen-bond acceptors (Lipinski definition) is 4. The van der Waals surface area contributed by atoms with Crippen LogP contribution in [0.1, 0.15) is 11.1 Å². The van der Waals surface area contributed by atoms with Crippen LogP contribution in [-0.2, 0) is 0 Å². The number of H-pyrrole nitrogens is 1. The van der Waals surface area contributed by atoms with Crippen LogP contribution in [0.3, 0.4) is 0 Å². The molecule has 4 nitrogen and oxygen atoms in total. The highest BCUT2D eigenvalue weighted by Gasteiger charge is 2.15. The Hall–Kier alpha value is -1.77. The van der Waals surface area contributed by atoms with Crippen LogP contribution < -0.4 is 5.56 Å². The van der Waals surface area contributed by atoms with Gasteiger partial charge in [0.1, 0.15) is 11.6 Å². The fourth-order valence-electron chi connectivity index (χ4n) is 1.66. The molecule has 0 spiro atoms. The van der Waals surface area contributed by atoms with E-state index in [4.69, 9.17) is 16.9 Å². The van der Waals surface area contributed by atoms with Gasteiger partial charge in [0.15, 0.2) is 5.16 Å². The lowest BCUT2D eigenvalue weighted by Crippen LogP contribution is -2.14. The summed E-state index contributed by atoms with van der Waals surface area (Å²) in [5, 5.41) is 10.0. The van der Waals surface area contributed by atoms with E-state index in [1.807, 2.05) is 19.1 Å². The van der Waals surface area contributed by atoms with Gasteiger partial charge in [-0.2, -0.15) is 5.26 Å². The Morgan fingerprint density at radius 1 is 1.47 bits per heavy atom. The number of hydrogen-bond donors (Lipinski definition) is 1. The number of nitriles is 1. The van der Waals surface area contributed by atoms with Gasteiger partial charge in [-0.25, -0.2) is 4.98 Å². The summed E-state index contributed by atoms with van der Waals surface area (Å²) in [6, 6.07) is 7.29. The average Bonchev–Trinajstić information content (AvgIpc) is 2.37. The van der Waals surface area contributed by atoms with Crippen LogP contribution in [0.4, 0.5) is 0 Å². The molecule has 2 aromatic rings. The van der Waals surface area contributed by atoms with Crippen LogP contribution in [0.15, 0.2) is 28.2 Å².